The number of aromatic carboxylic acids is 1. The number of carboxylic acids is 1. The molecule has 1 aromatic carbocycles. The number of carboxylic acid groups (broad SMARTS) is 1. The van der Waals surface area contributed by atoms with E-state index in [1.54, 1.807) is 24.3 Å². The highest BCUT2D eigenvalue weighted by molar-refractivity contribution is 7.80. The van der Waals surface area contributed by atoms with Crippen molar-refractivity contribution in [3.8, 4) is 0 Å². The summed E-state index contributed by atoms with van der Waals surface area (Å²) in [4.78, 5) is 12.9. The molecule has 0 amide bonds. The molecule has 1 rings (SSSR count). The predicted octanol–water partition coefficient (Wildman–Crippen LogP) is 1.62. The second-order valence-electron chi connectivity index (χ2n) is 4.42. The average molecular weight is 281 g/mol. The van der Waals surface area contributed by atoms with E-state index in [0.717, 1.165) is 19.5 Å². The maximum Gasteiger partial charge on any atom is 0.335 e. The van der Waals surface area contributed by atoms with E-state index in [9.17, 15) is 4.79 Å². The van der Waals surface area contributed by atoms with E-state index in [1.165, 1.54) is 0 Å². The molecule has 0 atom stereocenters. The molecule has 0 heterocycles. The van der Waals surface area contributed by atoms with Gasteiger partial charge in [0.2, 0.25) is 0 Å². The molecule has 0 aliphatic carbocycles. The van der Waals surface area contributed by atoms with Crippen LogP contribution >= 0.6 is 12.2 Å². The summed E-state index contributed by atoms with van der Waals surface area (Å²) in [6, 6.07) is 6.55. The van der Waals surface area contributed by atoms with Gasteiger partial charge in [-0.05, 0) is 57.5 Å². The van der Waals surface area contributed by atoms with Gasteiger partial charge < -0.3 is 20.6 Å². The van der Waals surface area contributed by atoms with Crippen LogP contribution in [-0.2, 0) is 0 Å². The lowest BCUT2D eigenvalue weighted by Gasteiger charge is -2.12. The minimum absolute atomic E-state index is 0.236. The Hall–Kier alpha value is -1.66. The predicted molar refractivity (Wildman–Crippen MR) is 80.8 cm³/mol. The minimum Gasteiger partial charge on any atom is -0.478 e. The van der Waals surface area contributed by atoms with Crippen LogP contribution < -0.4 is 10.6 Å². The quantitative estimate of drug-likeness (QED) is 0.544. The van der Waals surface area contributed by atoms with Gasteiger partial charge in [0.1, 0.15) is 0 Å². The van der Waals surface area contributed by atoms with Gasteiger partial charge in [-0.1, -0.05) is 6.07 Å². The van der Waals surface area contributed by atoms with Crippen molar-refractivity contribution in [3.05, 3.63) is 29.8 Å². The molecule has 0 saturated heterocycles. The molecule has 1 aromatic rings. The van der Waals surface area contributed by atoms with Crippen LogP contribution in [0.3, 0.4) is 0 Å². The number of benzene rings is 1. The fraction of sp³-hybridized carbons (Fsp3) is 0.385. The fourth-order valence-electron chi connectivity index (χ4n) is 1.50. The van der Waals surface area contributed by atoms with Gasteiger partial charge in [0.15, 0.2) is 5.11 Å². The maximum absolute atomic E-state index is 10.8. The number of thiocarbonyl (C=S) groups is 1. The Labute approximate surface area is 118 Å². The smallest absolute Gasteiger partial charge is 0.335 e. The lowest BCUT2D eigenvalue weighted by atomic mass is 10.2. The van der Waals surface area contributed by atoms with Gasteiger partial charge in [-0.3, -0.25) is 0 Å². The largest absolute Gasteiger partial charge is 0.478 e. The SMILES string of the molecule is CN(C)CCCNC(=S)Nc1cccc(C(=O)O)c1. The lowest BCUT2D eigenvalue weighted by molar-refractivity contribution is 0.0697. The number of hydrogen-bond acceptors (Lipinski definition) is 3. The zero-order valence-corrected chi connectivity index (χ0v) is 12.0. The number of nitrogens with one attached hydrogen (secondary N) is 2. The van der Waals surface area contributed by atoms with E-state index >= 15 is 0 Å². The molecule has 104 valence electrons. The summed E-state index contributed by atoms with van der Waals surface area (Å²) in [6.45, 7) is 1.77. The maximum atomic E-state index is 10.8. The molecule has 0 bridgehead atoms. The standard InChI is InChI=1S/C13H19N3O2S/c1-16(2)8-4-7-14-13(19)15-11-6-3-5-10(9-11)12(17)18/h3,5-6,9H,4,7-8H2,1-2H3,(H,17,18)(H2,14,15,19). The lowest BCUT2D eigenvalue weighted by Crippen LogP contribution is -2.30. The van der Waals surface area contributed by atoms with E-state index in [0.29, 0.717) is 10.8 Å². The second kappa shape index (κ2) is 7.70. The van der Waals surface area contributed by atoms with Crippen LogP contribution in [0.2, 0.25) is 0 Å². The number of carbonyl (C=O) groups is 1. The van der Waals surface area contributed by atoms with Crippen LogP contribution in [0.5, 0.6) is 0 Å². The summed E-state index contributed by atoms with van der Waals surface area (Å²) >= 11 is 5.14. The Balaban J connectivity index is 2.40. The van der Waals surface area contributed by atoms with Gasteiger partial charge in [-0.25, -0.2) is 4.79 Å². The molecule has 0 radical (unpaired) electrons. The fourth-order valence-corrected chi connectivity index (χ4v) is 1.72. The summed E-state index contributed by atoms with van der Waals surface area (Å²) in [6.07, 6.45) is 0.990. The molecule has 0 aliphatic heterocycles. The summed E-state index contributed by atoms with van der Waals surface area (Å²) in [7, 11) is 4.04. The summed E-state index contributed by atoms with van der Waals surface area (Å²) < 4.78 is 0. The average Bonchev–Trinajstić information content (AvgIpc) is 2.34. The third-order valence-electron chi connectivity index (χ3n) is 2.44. The van der Waals surface area contributed by atoms with Crippen molar-refractivity contribution >= 4 is 29.0 Å². The highest BCUT2D eigenvalue weighted by Crippen LogP contribution is 2.10. The van der Waals surface area contributed by atoms with Crippen molar-refractivity contribution in [3.63, 3.8) is 0 Å². The van der Waals surface area contributed by atoms with Crippen molar-refractivity contribution in [1.82, 2.24) is 10.2 Å². The number of hydrogen-bond donors (Lipinski definition) is 3. The molecule has 6 heteroatoms. The second-order valence-corrected chi connectivity index (χ2v) is 4.83. The van der Waals surface area contributed by atoms with Crippen LogP contribution in [0, 0.1) is 0 Å². The summed E-state index contributed by atoms with van der Waals surface area (Å²) in [5.74, 6) is -0.950. The molecule has 5 nitrogen and oxygen atoms in total. The van der Waals surface area contributed by atoms with Gasteiger partial charge >= 0.3 is 5.97 Å². The monoisotopic (exact) mass is 281 g/mol. The van der Waals surface area contributed by atoms with Crippen molar-refractivity contribution < 1.29 is 9.90 Å². The van der Waals surface area contributed by atoms with Crippen LogP contribution in [0.15, 0.2) is 24.3 Å². The molecular weight excluding hydrogens is 262 g/mol. The number of nitrogens with zero attached hydrogens (tertiary/aromatic N) is 1. The molecular formula is C13H19N3O2S. The van der Waals surface area contributed by atoms with Gasteiger partial charge in [-0.2, -0.15) is 0 Å². The minimum atomic E-state index is -0.950. The Morgan fingerprint density at radius 2 is 2.16 bits per heavy atom. The van der Waals surface area contributed by atoms with Crippen LogP contribution in [0.25, 0.3) is 0 Å². The Kier molecular flexibility index (Phi) is 6.24. The first-order valence-electron chi connectivity index (χ1n) is 6.02. The summed E-state index contributed by atoms with van der Waals surface area (Å²) in [5, 5.41) is 15.4. The highest BCUT2D eigenvalue weighted by Gasteiger charge is 2.04. The molecule has 0 aliphatic rings. The Bertz CT molecular complexity index is 449. The van der Waals surface area contributed by atoms with E-state index in [1.807, 2.05) is 14.1 Å². The molecule has 0 aromatic heterocycles. The van der Waals surface area contributed by atoms with Crippen molar-refractivity contribution in [2.24, 2.45) is 0 Å². The zero-order valence-electron chi connectivity index (χ0n) is 11.1. The summed E-state index contributed by atoms with van der Waals surface area (Å²) in [5.41, 5.74) is 0.908. The number of anilines is 1. The highest BCUT2D eigenvalue weighted by atomic mass is 32.1. The molecule has 0 saturated carbocycles. The topological polar surface area (TPSA) is 64.6 Å². The van der Waals surface area contributed by atoms with Crippen LogP contribution in [0.1, 0.15) is 16.8 Å². The van der Waals surface area contributed by atoms with E-state index < -0.39 is 5.97 Å². The Morgan fingerprint density at radius 1 is 1.42 bits per heavy atom. The molecule has 0 unspecified atom stereocenters. The third-order valence-corrected chi connectivity index (χ3v) is 2.68. The number of rotatable bonds is 6. The van der Waals surface area contributed by atoms with Gasteiger partial charge in [-0.15, -0.1) is 0 Å². The van der Waals surface area contributed by atoms with Crippen molar-refractivity contribution in [2.45, 2.75) is 6.42 Å². The van der Waals surface area contributed by atoms with Crippen LogP contribution in [-0.4, -0.2) is 48.3 Å². The van der Waals surface area contributed by atoms with Crippen molar-refractivity contribution in [2.75, 3.05) is 32.5 Å². The first-order chi connectivity index (χ1) is 8.99. The van der Waals surface area contributed by atoms with Gasteiger partial charge in [0.25, 0.3) is 0 Å². The van der Waals surface area contributed by atoms with E-state index in [4.69, 9.17) is 17.3 Å². The zero-order chi connectivity index (χ0) is 14.3. The third kappa shape index (κ3) is 6.17. The molecule has 0 spiro atoms. The van der Waals surface area contributed by atoms with E-state index in [-0.39, 0.29) is 5.56 Å². The van der Waals surface area contributed by atoms with Gasteiger partial charge in [0, 0.05) is 12.2 Å². The normalized spacial score (nSPS) is 10.3. The molecule has 0 fully saturated rings. The first-order valence-corrected chi connectivity index (χ1v) is 6.43. The van der Waals surface area contributed by atoms with E-state index in [2.05, 4.69) is 15.5 Å². The molecule has 19 heavy (non-hydrogen) atoms. The van der Waals surface area contributed by atoms with Gasteiger partial charge in [0.05, 0.1) is 5.56 Å². The first kappa shape index (κ1) is 15.4. The molecule has 3 N–H and O–H groups in total. The Morgan fingerprint density at radius 3 is 2.79 bits per heavy atom. The van der Waals surface area contributed by atoms with Crippen LogP contribution in [0.4, 0.5) is 5.69 Å². The van der Waals surface area contributed by atoms with Crippen molar-refractivity contribution in [1.29, 1.82) is 0 Å².